The van der Waals surface area contributed by atoms with Gasteiger partial charge in [-0.05, 0) is 43.9 Å². The standard InChI is InChI=1S/C17H19ClN4O3/c18-10-1-4-14(24)13(7-10)17(25)19-11-5-9(6-11)16-21-20-15(8-23)22(16)12-2-3-12/h1,4,7,9,11-12,23-24H,2-3,5-6,8H2,(H,19,25). The molecule has 0 radical (unpaired) electrons. The molecule has 1 aromatic carbocycles. The number of nitrogens with one attached hydrogen (secondary N) is 1. The molecule has 2 aliphatic rings. The van der Waals surface area contributed by atoms with E-state index in [0.717, 1.165) is 31.5 Å². The average molecular weight is 363 g/mol. The molecule has 3 N–H and O–H groups in total. The van der Waals surface area contributed by atoms with Crippen molar-refractivity contribution in [2.45, 2.75) is 50.3 Å². The van der Waals surface area contributed by atoms with Crippen molar-refractivity contribution < 1.29 is 15.0 Å². The second-order valence-corrected chi connectivity index (χ2v) is 7.17. The van der Waals surface area contributed by atoms with Gasteiger partial charge in [0.2, 0.25) is 0 Å². The van der Waals surface area contributed by atoms with Crippen LogP contribution >= 0.6 is 11.6 Å². The number of halogens is 1. The number of aromatic nitrogens is 3. The summed E-state index contributed by atoms with van der Waals surface area (Å²) in [6.07, 6.45) is 3.73. The highest BCUT2D eigenvalue weighted by molar-refractivity contribution is 6.31. The van der Waals surface area contributed by atoms with Crippen LogP contribution in [0.1, 0.15) is 59.6 Å². The normalized spacial score (nSPS) is 22.5. The van der Waals surface area contributed by atoms with Gasteiger partial charge in [0.1, 0.15) is 18.2 Å². The number of phenols is 1. The second kappa shape index (κ2) is 6.31. The molecule has 8 heteroatoms. The number of amides is 1. The van der Waals surface area contributed by atoms with Crippen LogP contribution in [0.15, 0.2) is 18.2 Å². The third-order valence-corrected chi connectivity index (χ3v) is 5.12. The summed E-state index contributed by atoms with van der Waals surface area (Å²) in [7, 11) is 0. The number of aliphatic hydroxyl groups is 1. The van der Waals surface area contributed by atoms with Gasteiger partial charge in [0.15, 0.2) is 5.82 Å². The molecule has 0 unspecified atom stereocenters. The minimum Gasteiger partial charge on any atom is -0.507 e. The van der Waals surface area contributed by atoms with Gasteiger partial charge >= 0.3 is 0 Å². The summed E-state index contributed by atoms with van der Waals surface area (Å²) < 4.78 is 2.06. The fourth-order valence-electron chi connectivity index (χ4n) is 3.35. The molecular formula is C17H19ClN4O3. The number of benzene rings is 1. The number of rotatable bonds is 5. The van der Waals surface area contributed by atoms with Gasteiger partial charge in [-0.2, -0.15) is 0 Å². The lowest BCUT2D eigenvalue weighted by molar-refractivity contribution is 0.0904. The zero-order chi connectivity index (χ0) is 17.6. The van der Waals surface area contributed by atoms with Crippen LogP contribution in [0.5, 0.6) is 5.75 Å². The lowest BCUT2D eigenvalue weighted by atomic mass is 9.79. The van der Waals surface area contributed by atoms with E-state index in [2.05, 4.69) is 20.1 Å². The van der Waals surface area contributed by atoms with Crippen LogP contribution in [-0.2, 0) is 6.61 Å². The van der Waals surface area contributed by atoms with Gasteiger partial charge in [-0.3, -0.25) is 4.79 Å². The van der Waals surface area contributed by atoms with Crippen LogP contribution in [0, 0.1) is 0 Å². The first kappa shape index (κ1) is 16.4. The van der Waals surface area contributed by atoms with Crippen molar-refractivity contribution >= 4 is 17.5 Å². The van der Waals surface area contributed by atoms with Crippen molar-refractivity contribution in [3.63, 3.8) is 0 Å². The Kier molecular flexibility index (Phi) is 4.13. The lowest BCUT2D eigenvalue weighted by Crippen LogP contribution is -2.44. The zero-order valence-electron chi connectivity index (χ0n) is 13.5. The van der Waals surface area contributed by atoms with Crippen LogP contribution in [0.25, 0.3) is 0 Å². The number of carbonyl (C=O) groups is 1. The summed E-state index contributed by atoms with van der Waals surface area (Å²) in [5.41, 5.74) is 0.180. The number of hydrogen-bond donors (Lipinski definition) is 3. The second-order valence-electron chi connectivity index (χ2n) is 6.73. The number of aromatic hydroxyl groups is 1. The minimum atomic E-state index is -0.330. The molecule has 7 nitrogen and oxygen atoms in total. The molecule has 0 bridgehead atoms. The SMILES string of the molecule is O=C(NC1CC(c2nnc(CO)n2C2CC2)C1)c1cc(Cl)ccc1O. The molecule has 0 aliphatic heterocycles. The number of hydrogen-bond acceptors (Lipinski definition) is 5. The lowest BCUT2D eigenvalue weighted by Gasteiger charge is -2.35. The predicted octanol–water partition coefficient (Wildman–Crippen LogP) is 2.14. The molecule has 25 heavy (non-hydrogen) atoms. The Morgan fingerprint density at radius 1 is 1.32 bits per heavy atom. The van der Waals surface area contributed by atoms with Crippen molar-refractivity contribution in [1.82, 2.24) is 20.1 Å². The monoisotopic (exact) mass is 362 g/mol. The molecule has 2 saturated carbocycles. The van der Waals surface area contributed by atoms with Crippen molar-refractivity contribution in [3.8, 4) is 5.75 Å². The average Bonchev–Trinajstić information content (AvgIpc) is 3.32. The fraction of sp³-hybridized carbons (Fsp3) is 0.471. The molecule has 0 spiro atoms. The van der Waals surface area contributed by atoms with Crippen LogP contribution in [0.2, 0.25) is 5.02 Å². The first-order valence-electron chi connectivity index (χ1n) is 8.40. The van der Waals surface area contributed by atoms with Crippen molar-refractivity contribution in [1.29, 1.82) is 0 Å². The molecule has 4 rings (SSSR count). The van der Waals surface area contributed by atoms with E-state index < -0.39 is 0 Å². The number of phenolic OH excluding ortho intramolecular Hbond substituents is 1. The van der Waals surface area contributed by atoms with E-state index in [0.29, 0.717) is 16.9 Å². The van der Waals surface area contributed by atoms with E-state index in [1.54, 1.807) is 0 Å². The molecule has 1 amide bonds. The van der Waals surface area contributed by atoms with Gasteiger partial charge in [0, 0.05) is 23.0 Å². The number of nitrogens with zero attached hydrogens (tertiary/aromatic N) is 3. The largest absolute Gasteiger partial charge is 0.507 e. The van der Waals surface area contributed by atoms with Crippen LogP contribution in [-0.4, -0.2) is 36.9 Å². The molecule has 132 valence electrons. The predicted molar refractivity (Wildman–Crippen MR) is 90.6 cm³/mol. The highest BCUT2D eigenvalue weighted by atomic mass is 35.5. The molecule has 1 aromatic heterocycles. The Labute approximate surface area is 149 Å². The summed E-state index contributed by atoms with van der Waals surface area (Å²) in [6, 6.07) is 4.84. The van der Waals surface area contributed by atoms with E-state index in [9.17, 15) is 15.0 Å². The molecule has 2 aliphatic carbocycles. The first-order valence-corrected chi connectivity index (χ1v) is 8.78. The van der Waals surface area contributed by atoms with E-state index >= 15 is 0 Å². The fourth-order valence-corrected chi connectivity index (χ4v) is 3.53. The Morgan fingerprint density at radius 2 is 2.08 bits per heavy atom. The highest BCUT2D eigenvalue weighted by Crippen LogP contribution is 2.42. The van der Waals surface area contributed by atoms with Gasteiger partial charge in [0.05, 0.1) is 5.56 Å². The molecule has 0 atom stereocenters. The maximum Gasteiger partial charge on any atom is 0.255 e. The van der Waals surface area contributed by atoms with Crippen LogP contribution in [0.3, 0.4) is 0 Å². The van der Waals surface area contributed by atoms with E-state index in [1.165, 1.54) is 18.2 Å². The topological polar surface area (TPSA) is 100 Å². The summed E-state index contributed by atoms with van der Waals surface area (Å²) in [4.78, 5) is 12.3. The zero-order valence-corrected chi connectivity index (χ0v) is 14.3. The summed E-state index contributed by atoms with van der Waals surface area (Å²) >= 11 is 5.89. The Bertz CT molecular complexity index is 812. The summed E-state index contributed by atoms with van der Waals surface area (Å²) in [6.45, 7) is -0.107. The van der Waals surface area contributed by atoms with E-state index in [4.69, 9.17) is 11.6 Å². The summed E-state index contributed by atoms with van der Waals surface area (Å²) in [5.74, 6) is 1.34. The van der Waals surface area contributed by atoms with E-state index in [1.807, 2.05) is 0 Å². The maximum atomic E-state index is 12.3. The smallest absolute Gasteiger partial charge is 0.255 e. The quantitative estimate of drug-likeness (QED) is 0.756. The van der Waals surface area contributed by atoms with Gasteiger partial charge < -0.3 is 20.1 Å². The molecule has 0 saturated heterocycles. The molecule has 2 aromatic rings. The van der Waals surface area contributed by atoms with Crippen LogP contribution < -0.4 is 5.32 Å². The molecule has 1 heterocycles. The van der Waals surface area contributed by atoms with Crippen LogP contribution in [0.4, 0.5) is 0 Å². The number of aliphatic hydroxyl groups excluding tert-OH is 1. The Morgan fingerprint density at radius 3 is 2.76 bits per heavy atom. The highest BCUT2D eigenvalue weighted by Gasteiger charge is 2.38. The molecular weight excluding hydrogens is 344 g/mol. The third-order valence-electron chi connectivity index (χ3n) is 4.89. The van der Waals surface area contributed by atoms with Crippen molar-refractivity contribution in [3.05, 3.63) is 40.4 Å². The molecule has 2 fully saturated rings. The summed E-state index contributed by atoms with van der Waals surface area (Å²) in [5, 5.41) is 30.9. The Balaban J connectivity index is 1.40. The third kappa shape index (κ3) is 3.09. The van der Waals surface area contributed by atoms with Gasteiger partial charge in [-0.25, -0.2) is 0 Å². The van der Waals surface area contributed by atoms with E-state index in [-0.39, 0.29) is 35.8 Å². The van der Waals surface area contributed by atoms with Gasteiger partial charge in [0.25, 0.3) is 5.91 Å². The maximum absolute atomic E-state index is 12.3. The number of carbonyl (C=O) groups excluding carboxylic acids is 1. The minimum absolute atomic E-state index is 0.0258. The van der Waals surface area contributed by atoms with Gasteiger partial charge in [-0.1, -0.05) is 11.6 Å². The van der Waals surface area contributed by atoms with Crippen molar-refractivity contribution in [2.24, 2.45) is 0 Å². The first-order chi connectivity index (χ1) is 12.1. The van der Waals surface area contributed by atoms with Gasteiger partial charge in [-0.15, -0.1) is 10.2 Å². The Hall–Kier alpha value is -2.12. The van der Waals surface area contributed by atoms with Crippen molar-refractivity contribution in [2.75, 3.05) is 0 Å².